The topological polar surface area (TPSA) is 106 Å². The summed E-state index contributed by atoms with van der Waals surface area (Å²) in [4.78, 5) is 30.8. The highest BCUT2D eigenvalue weighted by atomic mass is 32.2. The Bertz CT molecular complexity index is 1500. The molecule has 11 heteroatoms. The van der Waals surface area contributed by atoms with E-state index in [0.29, 0.717) is 74.7 Å². The zero-order chi connectivity index (χ0) is 34.3. The highest BCUT2D eigenvalue weighted by molar-refractivity contribution is 7.89. The molecule has 0 N–H and O–H groups in total. The number of anilines is 1. The number of carbonyl (C=O) groups is 2. The number of Topliss-reactive ketones (excluding diaryl/α,β-unsaturated/α-hetero) is 1. The van der Waals surface area contributed by atoms with Gasteiger partial charge in [-0.15, -0.1) is 0 Å². The van der Waals surface area contributed by atoms with Crippen LogP contribution in [0.1, 0.15) is 94.0 Å². The van der Waals surface area contributed by atoms with Crippen LogP contribution in [-0.2, 0) is 21.4 Å². The molecule has 2 fully saturated rings. The molecular weight excluding hydrogens is 630 g/mol. The molecule has 2 unspecified atom stereocenters. The van der Waals surface area contributed by atoms with E-state index >= 15 is 0 Å². The van der Waals surface area contributed by atoms with Gasteiger partial charge in [-0.3, -0.25) is 9.69 Å². The number of cyclic esters (lactones) is 1. The first-order valence-corrected chi connectivity index (χ1v) is 19.4. The van der Waals surface area contributed by atoms with Crippen molar-refractivity contribution in [1.82, 2.24) is 9.21 Å². The number of piperidine rings is 1. The predicted octanol–water partition coefficient (Wildman–Crippen LogP) is 6.67. The number of sulfonamides is 1. The quantitative estimate of drug-likeness (QED) is 0.161. The molecule has 0 aromatic heterocycles. The fourth-order valence-electron chi connectivity index (χ4n) is 7.08. The molecule has 1 saturated carbocycles. The maximum absolute atomic E-state index is 13.9. The normalized spacial score (nSPS) is 18.7. The van der Waals surface area contributed by atoms with Crippen molar-refractivity contribution in [2.24, 2.45) is 5.92 Å². The molecule has 2 atom stereocenters. The number of carbonyl (C=O) groups excluding carboxylic acids is 2. The average Bonchev–Trinajstić information content (AvgIpc) is 3.94. The SMILES string of the molecule is CCCC(CCC(CC)C(=O)c1ccc(OC2CCN(S(=O)(=O)CCCN(C)C3CC3)CC2)cc1OC)N1C(=O)OCc2ccccc21. The van der Waals surface area contributed by atoms with Crippen LogP contribution >= 0.6 is 0 Å². The summed E-state index contributed by atoms with van der Waals surface area (Å²) in [6.07, 6.45) is 7.55. The summed E-state index contributed by atoms with van der Waals surface area (Å²) in [6.45, 7) is 6.10. The van der Waals surface area contributed by atoms with Crippen molar-refractivity contribution in [2.45, 2.75) is 103 Å². The minimum absolute atomic E-state index is 0.0135. The molecule has 2 aliphatic heterocycles. The van der Waals surface area contributed by atoms with Crippen molar-refractivity contribution in [2.75, 3.05) is 44.4 Å². The lowest BCUT2D eigenvalue weighted by atomic mass is 9.88. The molecule has 0 radical (unpaired) electrons. The molecule has 1 saturated heterocycles. The van der Waals surface area contributed by atoms with Gasteiger partial charge in [0, 0.05) is 42.7 Å². The van der Waals surface area contributed by atoms with E-state index in [0.717, 1.165) is 30.6 Å². The van der Waals surface area contributed by atoms with Crippen molar-refractivity contribution in [3.05, 3.63) is 53.6 Å². The van der Waals surface area contributed by atoms with Gasteiger partial charge in [0.15, 0.2) is 5.78 Å². The molecule has 10 nitrogen and oxygen atoms in total. The molecule has 48 heavy (non-hydrogen) atoms. The third kappa shape index (κ3) is 8.90. The Morgan fingerprint density at radius 2 is 1.79 bits per heavy atom. The van der Waals surface area contributed by atoms with Gasteiger partial charge in [0.05, 0.1) is 24.1 Å². The van der Waals surface area contributed by atoms with E-state index in [4.69, 9.17) is 14.2 Å². The molecule has 5 rings (SSSR count). The third-order valence-electron chi connectivity index (χ3n) is 10.1. The van der Waals surface area contributed by atoms with Crippen LogP contribution in [0, 0.1) is 5.92 Å². The van der Waals surface area contributed by atoms with Crippen molar-refractivity contribution < 1.29 is 32.2 Å². The summed E-state index contributed by atoms with van der Waals surface area (Å²) in [7, 11) is 0.345. The smallest absolute Gasteiger partial charge is 0.414 e. The minimum atomic E-state index is -3.29. The maximum atomic E-state index is 13.9. The third-order valence-corrected chi connectivity index (χ3v) is 12.1. The van der Waals surface area contributed by atoms with E-state index in [1.807, 2.05) is 37.3 Å². The number of hydrogen-bond donors (Lipinski definition) is 0. The van der Waals surface area contributed by atoms with E-state index in [9.17, 15) is 18.0 Å². The number of amides is 1. The average molecular weight is 684 g/mol. The lowest BCUT2D eigenvalue weighted by Gasteiger charge is -2.36. The second-order valence-electron chi connectivity index (χ2n) is 13.5. The van der Waals surface area contributed by atoms with Crippen LogP contribution in [0.15, 0.2) is 42.5 Å². The van der Waals surface area contributed by atoms with Crippen molar-refractivity contribution in [3.8, 4) is 11.5 Å². The highest BCUT2D eigenvalue weighted by Gasteiger charge is 2.34. The Hall–Kier alpha value is -3.15. The zero-order valence-corrected chi connectivity index (χ0v) is 29.9. The Morgan fingerprint density at radius 3 is 2.48 bits per heavy atom. The second-order valence-corrected chi connectivity index (χ2v) is 15.6. The van der Waals surface area contributed by atoms with Crippen molar-refractivity contribution >= 4 is 27.6 Å². The van der Waals surface area contributed by atoms with Gasteiger partial charge in [0.2, 0.25) is 10.0 Å². The van der Waals surface area contributed by atoms with Crippen LogP contribution in [0.4, 0.5) is 10.5 Å². The number of para-hydroxylation sites is 1. The van der Waals surface area contributed by atoms with Crippen LogP contribution in [-0.4, -0.2) is 87.2 Å². The van der Waals surface area contributed by atoms with Crippen molar-refractivity contribution in [1.29, 1.82) is 0 Å². The summed E-state index contributed by atoms with van der Waals surface area (Å²) in [5.41, 5.74) is 2.40. The largest absolute Gasteiger partial charge is 0.496 e. The summed E-state index contributed by atoms with van der Waals surface area (Å²) in [5, 5.41) is 0. The molecule has 1 aliphatic carbocycles. The molecule has 3 aliphatic rings. The lowest BCUT2D eigenvalue weighted by molar-refractivity contribution is 0.0902. The number of ether oxygens (including phenoxy) is 3. The van der Waals surface area contributed by atoms with E-state index in [1.165, 1.54) is 12.8 Å². The molecule has 264 valence electrons. The first-order chi connectivity index (χ1) is 23.1. The van der Waals surface area contributed by atoms with Gasteiger partial charge < -0.3 is 19.1 Å². The van der Waals surface area contributed by atoms with Gasteiger partial charge in [-0.05, 0) is 89.6 Å². The Morgan fingerprint density at radius 1 is 1.04 bits per heavy atom. The number of ketones is 1. The number of methoxy groups -OCH3 is 1. The minimum Gasteiger partial charge on any atom is -0.496 e. The van der Waals surface area contributed by atoms with E-state index in [2.05, 4.69) is 18.9 Å². The molecule has 1 amide bonds. The summed E-state index contributed by atoms with van der Waals surface area (Å²) >= 11 is 0. The van der Waals surface area contributed by atoms with Gasteiger partial charge >= 0.3 is 6.09 Å². The summed E-state index contributed by atoms with van der Waals surface area (Å²) in [5.74, 6) is 1.02. The fraction of sp³-hybridized carbons (Fsp3) is 0.622. The molecular formula is C37H53N3O7S. The van der Waals surface area contributed by atoms with Crippen LogP contribution in [0.2, 0.25) is 0 Å². The molecule has 2 aromatic carbocycles. The number of benzene rings is 2. The van der Waals surface area contributed by atoms with E-state index in [1.54, 1.807) is 28.4 Å². The monoisotopic (exact) mass is 683 g/mol. The Labute approximate surface area is 286 Å². The number of fused-ring (bicyclic) bond motifs is 1. The van der Waals surface area contributed by atoms with Crippen LogP contribution in [0.25, 0.3) is 0 Å². The molecule has 0 bridgehead atoms. The zero-order valence-electron chi connectivity index (χ0n) is 29.1. The highest BCUT2D eigenvalue weighted by Crippen LogP contribution is 2.34. The van der Waals surface area contributed by atoms with Gasteiger partial charge in [0.1, 0.15) is 24.2 Å². The van der Waals surface area contributed by atoms with Crippen LogP contribution in [0.3, 0.4) is 0 Å². The Kier molecular flexibility index (Phi) is 12.4. The summed E-state index contributed by atoms with van der Waals surface area (Å²) < 4.78 is 44.9. The van der Waals surface area contributed by atoms with Crippen LogP contribution in [0.5, 0.6) is 11.5 Å². The lowest BCUT2D eigenvalue weighted by Crippen LogP contribution is -2.44. The summed E-state index contributed by atoms with van der Waals surface area (Å²) in [6, 6.07) is 13.8. The number of nitrogens with zero attached hydrogens (tertiary/aromatic N) is 3. The Balaban J connectivity index is 1.16. The fourth-order valence-corrected chi connectivity index (χ4v) is 8.60. The van der Waals surface area contributed by atoms with Gasteiger partial charge in [0.25, 0.3) is 0 Å². The first kappa shape index (κ1) is 36.1. The first-order valence-electron chi connectivity index (χ1n) is 17.8. The van der Waals surface area contributed by atoms with Gasteiger partial charge in [-0.1, -0.05) is 38.5 Å². The van der Waals surface area contributed by atoms with Crippen molar-refractivity contribution in [3.63, 3.8) is 0 Å². The van der Waals surface area contributed by atoms with E-state index < -0.39 is 10.0 Å². The van der Waals surface area contributed by atoms with Crippen LogP contribution < -0.4 is 14.4 Å². The molecule has 0 spiro atoms. The number of rotatable bonds is 18. The molecule has 2 aromatic rings. The predicted molar refractivity (Wildman–Crippen MR) is 187 cm³/mol. The van der Waals surface area contributed by atoms with Gasteiger partial charge in [-0.2, -0.15) is 0 Å². The molecule has 2 heterocycles. The number of hydrogen-bond acceptors (Lipinski definition) is 8. The maximum Gasteiger partial charge on any atom is 0.414 e. The standard InChI is InChI=1S/C37H53N3O7S/c1-5-10-30(40-34-12-8-7-11-28(34)26-46-37(40)42)14-13-27(6-2)36(41)33-18-17-32(25-35(33)45-4)47-31-19-22-39(23-20-31)48(43,44)24-9-21-38(3)29-15-16-29/h7-8,11-12,17-18,25,27,29-31H,5-6,9-10,13-16,19-24,26H2,1-4H3. The second kappa shape index (κ2) is 16.5. The van der Waals surface area contributed by atoms with Gasteiger partial charge in [-0.25, -0.2) is 17.5 Å². The van der Waals surface area contributed by atoms with E-state index in [-0.39, 0.29) is 42.3 Å².